The van der Waals surface area contributed by atoms with Gasteiger partial charge in [-0.05, 0) is 61.6 Å². The van der Waals surface area contributed by atoms with E-state index in [4.69, 9.17) is 27.9 Å². The summed E-state index contributed by atoms with van der Waals surface area (Å²) in [7, 11) is 0. The van der Waals surface area contributed by atoms with Crippen molar-refractivity contribution in [3.8, 4) is 5.75 Å². The van der Waals surface area contributed by atoms with Gasteiger partial charge in [-0.3, -0.25) is 4.79 Å². The van der Waals surface area contributed by atoms with Crippen LogP contribution in [-0.4, -0.2) is 25.6 Å². The summed E-state index contributed by atoms with van der Waals surface area (Å²) >= 11 is 11.9. The fraction of sp³-hybridized carbons (Fsp3) is 0.409. The van der Waals surface area contributed by atoms with Gasteiger partial charge in [0.05, 0.1) is 11.1 Å². The summed E-state index contributed by atoms with van der Waals surface area (Å²) < 4.78 is 5.49. The summed E-state index contributed by atoms with van der Waals surface area (Å²) in [6, 6.07) is 13.2. The normalized spacial score (nSPS) is 17.9. The predicted octanol–water partition coefficient (Wildman–Crippen LogP) is 5.49. The Kier molecular flexibility index (Phi) is 7.08. The number of amides is 1. The number of nitrogens with zero attached hydrogens (tertiary/aromatic N) is 1. The minimum atomic E-state index is -0.201. The molecule has 150 valence electrons. The number of ether oxygens (including phenoxy) is 1. The van der Waals surface area contributed by atoms with E-state index in [0.717, 1.165) is 24.6 Å². The van der Waals surface area contributed by atoms with Crippen molar-refractivity contribution in [2.75, 3.05) is 24.6 Å². The number of halogens is 2. The van der Waals surface area contributed by atoms with E-state index >= 15 is 0 Å². The van der Waals surface area contributed by atoms with E-state index in [2.05, 4.69) is 41.4 Å². The lowest BCUT2D eigenvalue weighted by molar-refractivity contribution is -0.123. The Morgan fingerprint density at radius 1 is 1.25 bits per heavy atom. The third kappa shape index (κ3) is 5.55. The van der Waals surface area contributed by atoms with E-state index in [0.29, 0.717) is 15.8 Å². The molecule has 1 saturated heterocycles. The van der Waals surface area contributed by atoms with Crippen molar-refractivity contribution in [1.29, 1.82) is 0 Å². The summed E-state index contributed by atoms with van der Waals surface area (Å²) in [6.45, 7) is 6.38. The van der Waals surface area contributed by atoms with E-state index in [-0.39, 0.29) is 18.6 Å². The molecular weight excluding hydrogens is 395 g/mol. The molecule has 2 aromatic carbocycles. The Labute approximate surface area is 176 Å². The topological polar surface area (TPSA) is 41.6 Å². The second-order valence-corrected chi connectivity index (χ2v) is 8.28. The first-order valence-electron chi connectivity index (χ1n) is 9.64. The van der Waals surface area contributed by atoms with Crippen LogP contribution >= 0.6 is 23.2 Å². The highest BCUT2D eigenvalue weighted by atomic mass is 35.5. The van der Waals surface area contributed by atoms with Crippen LogP contribution in [0.25, 0.3) is 0 Å². The Bertz CT molecular complexity index is 811. The fourth-order valence-corrected chi connectivity index (χ4v) is 3.96. The summed E-state index contributed by atoms with van der Waals surface area (Å²) in [5, 5.41) is 3.87. The molecule has 2 aromatic rings. The maximum atomic E-state index is 12.2. The summed E-state index contributed by atoms with van der Waals surface area (Å²) in [4.78, 5) is 14.7. The van der Waals surface area contributed by atoms with Crippen LogP contribution < -0.4 is 15.0 Å². The number of carbonyl (C=O) groups is 1. The standard InChI is InChI=1S/C22H26Cl2N2O2/c1-15-4-3-11-26(13-15)19-8-5-17(6-9-19)16(2)25-22(27)14-28-21-10-7-18(23)12-20(21)24/h5-10,12,15-16H,3-4,11,13-14H2,1-2H3,(H,25,27)/t15-,16+/m0/s1. The number of anilines is 1. The molecule has 1 fully saturated rings. The number of carbonyl (C=O) groups excluding carboxylic acids is 1. The zero-order valence-corrected chi connectivity index (χ0v) is 17.8. The van der Waals surface area contributed by atoms with Gasteiger partial charge in [0.15, 0.2) is 6.61 Å². The Balaban J connectivity index is 1.52. The van der Waals surface area contributed by atoms with Gasteiger partial charge in [0.2, 0.25) is 0 Å². The fourth-order valence-electron chi connectivity index (χ4n) is 3.50. The third-order valence-corrected chi connectivity index (χ3v) is 5.58. The van der Waals surface area contributed by atoms with Gasteiger partial charge >= 0.3 is 0 Å². The first kappa shape index (κ1) is 20.8. The molecular formula is C22H26Cl2N2O2. The average molecular weight is 421 g/mol. The van der Waals surface area contributed by atoms with Gasteiger partial charge in [-0.1, -0.05) is 42.3 Å². The number of benzene rings is 2. The quantitative estimate of drug-likeness (QED) is 0.671. The van der Waals surface area contributed by atoms with Gasteiger partial charge in [-0.15, -0.1) is 0 Å². The van der Waals surface area contributed by atoms with Gasteiger partial charge in [-0.25, -0.2) is 0 Å². The number of hydrogen-bond acceptors (Lipinski definition) is 3. The highest BCUT2D eigenvalue weighted by molar-refractivity contribution is 6.35. The van der Waals surface area contributed by atoms with Gasteiger partial charge in [-0.2, -0.15) is 0 Å². The van der Waals surface area contributed by atoms with Gasteiger partial charge in [0, 0.05) is 23.8 Å². The maximum Gasteiger partial charge on any atom is 0.258 e. The van der Waals surface area contributed by atoms with Crippen LogP contribution in [0.2, 0.25) is 10.0 Å². The van der Waals surface area contributed by atoms with Crippen molar-refractivity contribution in [1.82, 2.24) is 5.32 Å². The molecule has 1 aliphatic rings. The third-order valence-electron chi connectivity index (χ3n) is 5.05. The van der Waals surface area contributed by atoms with Crippen molar-refractivity contribution in [3.05, 3.63) is 58.1 Å². The average Bonchev–Trinajstić information content (AvgIpc) is 2.67. The molecule has 1 amide bonds. The monoisotopic (exact) mass is 420 g/mol. The largest absolute Gasteiger partial charge is 0.482 e. The molecule has 2 atom stereocenters. The highest BCUT2D eigenvalue weighted by Crippen LogP contribution is 2.27. The molecule has 0 unspecified atom stereocenters. The molecule has 0 aliphatic carbocycles. The van der Waals surface area contributed by atoms with Crippen molar-refractivity contribution in [3.63, 3.8) is 0 Å². The Morgan fingerprint density at radius 3 is 2.68 bits per heavy atom. The second kappa shape index (κ2) is 9.53. The Hall–Kier alpha value is -1.91. The first-order chi connectivity index (χ1) is 13.4. The minimum Gasteiger partial charge on any atom is -0.482 e. The molecule has 1 aliphatic heterocycles. The van der Waals surface area contributed by atoms with Crippen LogP contribution in [0.1, 0.15) is 38.3 Å². The summed E-state index contributed by atoms with van der Waals surface area (Å²) in [6.07, 6.45) is 2.55. The Morgan fingerprint density at radius 2 is 2.00 bits per heavy atom. The van der Waals surface area contributed by atoms with Crippen molar-refractivity contribution in [2.45, 2.75) is 32.7 Å². The van der Waals surface area contributed by atoms with Crippen LogP contribution in [0.5, 0.6) is 5.75 Å². The molecule has 0 aromatic heterocycles. The zero-order chi connectivity index (χ0) is 20.1. The van der Waals surface area contributed by atoms with Crippen molar-refractivity contribution >= 4 is 34.8 Å². The predicted molar refractivity (Wildman–Crippen MR) is 116 cm³/mol. The first-order valence-corrected chi connectivity index (χ1v) is 10.4. The molecule has 0 bridgehead atoms. The molecule has 0 saturated carbocycles. The van der Waals surface area contributed by atoms with E-state index < -0.39 is 0 Å². The smallest absolute Gasteiger partial charge is 0.258 e. The zero-order valence-electron chi connectivity index (χ0n) is 16.3. The van der Waals surface area contributed by atoms with Crippen molar-refractivity contribution in [2.24, 2.45) is 5.92 Å². The van der Waals surface area contributed by atoms with Crippen molar-refractivity contribution < 1.29 is 9.53 Å². The molecule has 28 heavy (non-hydrogen) atoms. The minimum absolute atomic E-state index is 0.102. The van der Waals surface area contributed by atoms with Crippen LogP contribution in [0.4, 0.5) is 5.69 Å². The van der Waals surface area contributed by atoms with Gasteiger partial charge < -0.3 is 15.0 Å². The lowest BCUT2D eigenvalue weighted by atomic mass is 9.99. The molecule has 0 radical (unpaired) electrons. The van der Waals surface area contributed by atoms with Crippen LogP contribution in [0.3, 0.4) is 0 Å². The summed E-state index contributed by atoms with van der Waals surface area (Å²) in [5.74, 6) is 0.974. The van der Waals surface area contributed by atoms with Crippen LogP contribution in [0.15, 0.2) is 42.5 Å². The van der Waals surface area contributed by atoms with E-state index in [1.165, 1.54) is 18.5 Å². The molecule has 4 nitrogen and oxygen atoms in total. The van der Waals surface area contributed by atoms with E-state index in [1.807, 2.05) is 6.92 Å². The number of rotatable bonds is 6. The second-order valence-electron chi connectivity index (χ2n) is 7.44. The van der Waals surface area contributed by atoms with Gasteiger partial charge in [0.1, 0.15) is 5.75 Å². The SMILES string of the molecule is C[C@H]1CCCN(c2ccc([C@@H](C)NC(=O)COc3ccc(Cl)cc3Cl)cc2)C1. The molecule has 6 heteroatoms. The summed E-state index contributed by atoms with van der Waals surface area (Å²) in [5.41, 5.74) is 2.31. The number of hydrogen-bond donors (Lipinski definition) is 1. The maximum absolute atomic E-state index is 12.2. The number of nitrogens with one attached hydrogen (secondary N) is 1. The van der Waals surface area contributed by atoms with E-state index in [9.17, 15) is 4.79 Å². The molecule has 1 heterocycles. The molecule has 0 spiro atoms. The van der Waals surface area contributed by atoms with Crippen LogP contribution in [0, 0.1) is 5.92 Å². The lowest BCUT2D eigenvalue weighted by Crippen LogP contribution is -2.34. The lowest BCUT2D eigenvalue weighted by Gasteiger charge is -2.33. The molecule has 3 rings (SSSR count). The molecule has 1 N–H and O–H groups in total. The van der Waals surface area contributed by atoms with E-state index in [1.54, 1.807) is 18.2 Å². The van der Waals surface area contributed by atoms with Crippen LogP contribution in [-0.2, 0) is 4.79 Å². The number of piperidine rings is 1. The highest BCUT2D eigenvalue weighted by Gasteiger charge is 2.17. The van der Waals surface area contributed by atoms with Gasteiger partial charge in [0.25, 0.3) is 5.91 Å².